The van der Waals surface area contributed by atoms with Gasteiger partial charge < -0.3 is 5.32 Å². The fourth-order valence-electron chi connectivity index (χ4n) is 3.47. The highest BCUT2D eigenvalue weighted by atomic mass is 32.2. The third kappa shape index (κ3) is 5.23. The van der Waals surface area contributed by atoms with Gasteiger partial charge in [0.15, 0.2) is 0 Å². The molecule has 0 radical (unpaired) electrons. The Labute approximate surface area is 131 Å². The van der Waals surface area contributed by atoms with Crippen LogP contribution in [0.3, 0.4) is 0 Å². The Balaban J connectivity index is 2.58. The molecule has 0 aliphatic carbocycles. The molecule has 0 spiro atoms. The molecular formula is C17H36N2S. The fraction of sp³-hybridized carbons (Fsp3) is 1.00. The van der Waals surface area contributed by atoms with Crippen molar-refractivity contribution in [2.75, 3.05) is 31.1 Å². The Morgan fingerprint density at radius 2 is 1.95 bits per heavy atom. The number of thioether (sulfide) groups is 1. The van der Waals surface area contributed by atoms with Gasteiger partial charge in [0.2, 0.25) is 0 Å². The molecule has 1 aliphatic heterocycles. The van der Waals surface area contributed by atoms with Crippen molar-refractivity contribution in [2.45, 2.75) is 71.9 Å². The zero-order valence-electron chi connectivity index (χ0n) is 14.4. The highest BCUT2D eigenvalue weighted by molar-refractivity contribution is 7.99. The van der Waals surface area contributed by atoms with E-state index in [-0.39, 0.29) is 0 Å². The number of hydrogen-bond donors (Lipinski definition) is 1. The molecule has 20 heavy (non-hydrogen) atoms. The number of piperazine rings is 1. The molecule has 0 aromatic carbocycles. The van der Waals surface area contributed by atoms with E-state index < -0.39 is 0 Å². The molecule has 0 amide bonds. The van der Waals surface area contributed by atoms with Crippen LogP contribution in [0.5, 0.6) is 0 Å². The Bertz CT molecular complexity index is 251. The Morgan fingerprint density at radius 1 is 1.25 bits per heavy atom. The third-order valence-electron chi connectivity index (χ3n) is 4.82. The lowest BCUT2D eigenvalue weighted by Gasteiger charge is -2.50. The largest absolute Gasteiger partial charge is 0.311 e. The lowest BCUT2D eigenvalue weighted by Crippen LogP contribution is -2.64. The van der Waals surface area contributed by atoms with Gasteiger partial charge in [-0.05, 0) is 49.7 Å². The maximum atomic E-state index is 3.83. The Hall–Kier alpha value is 0.270. The van der Waals surface area contributed by atoms with Gasteiger partial charge in [0.25, 0.3) is 0 Å². The minimum Gasteiger partial charge on any atom is -0.311 e. The minimum atomic E-state index is 0.407. The summed E-state index contributed by atoms with van der Waals surface area (Å²) in [5.41, 5.74) is 0.407. The van der Waals surface area contributed by atoms with Gasteiger partial charge in [0.05, 0.1) is 0 Å². The lowest BCUT2D eigenvalue weighted by atomic mass is 9.86. The Kier molecular flexibility index (Phi) is 8.54. The van der Waals surface area contributed by atoms with Gasteiger partial charge in [-0.15, -0.1) is 0 Å². The van der Waals surface area contributed by atoms with Crippen molar-refractivity contribution >= 4 is 11.8 Å². The maximum Gasteiger partial charge on any atom is 0.0329 e. The standard InChI is InChI=1S/C17H36N2S/c1-6-17(7-2)14-18-16(12-15(4)5)13-19(17)10-9-11-20-8-3/h15-16,18H,6-14H2,1-5H3. The van der Waals surface area contributed by atoms with E-state index in [2.05, 4.69) is 56.6 Å². The Morgan fingerprint density at radius 3 is 2.50 bits per heavy atom. The smallest absolute Gasteiger partial charge is 0.0329 e. The van der Waals surface area contributed by atoms with Crippen molar-refractivity contribution in [3.05, 3.63) is 0 Å². The van der Waals surface area contributed by atoms with Crippen LogP contribution < -0.4 is 5.32 Å². The van der Waals surface area contributed by atoms with Crippen LogP contribution in [0.2, 0.25) is 0 Å². The summed E-state index contributed by atoms with van der Waals surface area (Å²) >= 11 is 2.08. The van der Waals surface area contributed by atoms with Crippen molar-refractivity contribution in [1.82, 2.24) is 10.2 Å². The van der Waals surface area contributed by atoms with E-state index in [0.29, 0.717) is 11.6 Å². The van der Waals surface area contributed by atoms with Gasteiger partial charge in [0.1, 0.15) is 0 Å². The summed E-state index contributed by atoms with van der Waals surface area (Å²) < 4.78 is 0. The molecule has 1 atom stereocenters. The van der Waals surface area contributed by atoms with Gasteiger partial charge in [-0.3, -0.25) is 4.90 Å². The van der Waals surface area contributed by atoms with E-state index in [1.165, 1.54) is 56.8 Å². The summed E-state index contributed by atoms with van der Waals surface area (Å²) in [6, 6.07) is 0.694. The van der Waals surface area contributed by atoms with Crippen LogP contribution in [0.4, 0.5) is 0 Å². The van der Waals surface area contributed by atoms with E-state index >= 15 is 0 Å². The van der Waals surface area contributed by atoms with Crippen LogP contribution in [-0.2, 0) is 0 Å². The monoisotopic (exact) mass is 300 g/mol. The van der Waals surface area contributed by atoms with Crippen LogP contribution in [0.15, 0.2) is 0 Å². The summed E-state index contributed by atoms with van der Waals surface area (Å²) in [4.78, 5) is 2.81. The summed E-state index contributed by atoms with van der Waals surface area (Å²) in [6.07, 6.45) is 5.19. The molecule has 2 nitrogen and oxygen atoms in total. The first-order chi connectivity index (χ1) is 9.57. The predicted molar refractivity (Wildman–Crippen MR) is 93.7 cm³/mol. The topological polar surface area (TPSA) is 15.3 Å². The maximum absolute atomic E-state index is 3.83. The number of rotatable bonds is 9. The molecule has 1 saturated heterocycles. The summed E-state index contributed by atoms with van der Waals surface area (Å²) in [6.45, 7) is 15.4. The van der Waals surface area contributed by atoms with Gasteiger partial charge >= 0.3 is 0 Å². The first-order valence-corrected chi connectivity index (χ1v) is 9.79. The molecule has 1 unspecified atom stereocenters. The van der Waals surface area contributed by atoms with Crippen molar-refractivity contribution in [3.8, 4) is 0 Å². The van der Waals surface area contributed by atoms with Crippen LogP contribution >= 0.6 is 11.8 Å². The minimum absolute atomic E-state index is 0.407. The molecule has 1 heterocycles. The van der Waals surface area contributed by atoms with Gasteiger partial charge in [-0.25, -0.2) is 0 Å². The van der Waals surface area contributed by atoms with E-state index in [0.717, 1.165) is 5.92 Å². The van der Waals surface area contributed by atoms with Crippen LogP contribution in [0, 0.1) is 5.92 Å². The molecule has 0 saturated carbocycles. The third-order valence-corrected chi connectivity index (χ3v) is 5.81. The molecule has 0 bridgehead atoms. The lowest BCUT2D eigenvalue weighted by molar-refractivity contribution is 0.0280. The molecule has 0 aromatic heterocycles. The number of nitrogens with zero attached hydrogens (tertiary/aromatic N) is 1. The molecule has 0 aromatic rings. The highest BCUT2D eigenvalue weighted by Gasteiger charge is 2.38. The fourth-order valence-corrected chi connectivity index (χ4v) is 4.10. The molecule has 120 valence electrons. The van der Waals surface area contributed by atoms with E-state index in [9.17, 15) is 0 Å². The first-order valence-electron chi connectivity index (χ1n) is 8.64. The highest BCUT2D eigenvalue weighted by Crippen LogP contribution is 2.28. The second kappa shape index (κ2) is 9.32. The van der Waals surface area contributed by atoms with Crippen LogP contribution in [0.1, 0.15) is 60.3 Å². The molecule has 1 N–H and O–H groups in total. The zero-order valence-corrected chi connectivity index (χ0v) is 15.2. The van der Waals surface area contributed by atoms with Crippen molar-refractivity contribution in [1.29, 1.82) is 0 Å². The normalized spacial score (nSPS) is 23.4. The second-order valence-electron chi connectivity index (χ2n) is 6.64. The second-order valence-corrected chi connectivity index (χ2v) is 8.03. The predicted octanol–water partition coefficient (Wildman–Crippen LogP) is 4.01. The number of hydrogen-bond acceptors (Lipinski definition) is 3. The van der Waals surface area contributed by atoms with Gasteiger partial charge in [-0.2, -0.15) is 11.8 Å². The van der Waals surface area contributed by atoms with E-state index in [1.807, 2.05) is 0 Å². The quantitative estimate of drug-likeness (QED) is 0.648. The van der Waals surface area contributed by atoms with E-state index in [4.69, 9.17) is 0 Å². The molecular weight excluding hydrogens is 264 g/mol. The first kappa shape index (κ1) is 18.3. The van der Waals surface area contributed by atoms with Gasteiger partial charge in [-0.1, -0.05) is 34.6 Å². The molecule has 1 rings (SSSR count). The summed E-state index contributed by atoms with van der Waals surface area (Å²) in [7, 11) is 0. The SMILES string of the molecule is CCSCCCN1CC(CC(C)C)NCC1(CC)CC. The average Bonchev–Trinajstić information content (AvgIpc) is 2.44. The van der Waals surface area contributed by atoms with Crippen molar-refractivity contribution < 1.29 is 0 Å². The zero-order chi connectivity index (χ0) is 15.0. The van der Waals surface area contributed by atoms with Crippen molar-refractivity contribution in [2.24, 2.45) is 5.92 Å². The van der Waals surface area contributed by atoms with E-state index in [1.54, 1.807) is 0 Å². The average molecular weight is 301 g/mol. The van der Waals surface area contributed by atoms with Gasteiger partial charge in [0, 0.05) is 24.7 Å². The molecule has 1 fully saturated rings. The summed E-state index contributed by atoms with van der Waals surface area (Å²) in [5, 5.41) is 3.83. The number of nitrogens with one attached hydrogen (secondary N) is 1. The molecule has 3 heteroatoms. The molecule has 1 aliphatic rings. The van der Waals surface area contributed by atoms with Crippen molar-refractivity contribution in [3.63, 3.8) is 0 Å². The van der Waals surface area contributed by atoms with Crippen LogP contribution in [-0.4, -0.2) is 47.6 Å². The summed E-state index contributed by atoms with van der Waals surface area (Å²) in [5.74, 6) is 3.36. The van der Waals surface area contributed by atoms with Crippen LogP contribution in [0.25, 0.3) is 0 Å².